The number of carbonyl (C=O) groups excluding carboxylic acids is 1. The van der Waals surface area contributed by atoms with Crippen LogP contribution in [0.25, 0.3) is 11.3 Å². The molecular weight excluding hydrogens is 323 g/mol. The number of hydrogen-bond donors (Lipinski definition) is 1. The van der Waals surface area contributed by atoms with Gasteiger partial charge >= 0.3 is 0 Å². The van der Waals surface area contributed by atoms with Crippen molar-refractivity contribution in [3.8, 4) is 11.3 Å². The monoisotopic (exact) mass is 342 g/mol. The highest BCUT2D eigenvalue weighted by molar-refractivity contribution is 5.93. The summed E-state index contributed by atoms with van der Waals surface area (Å²) in [7, 11) is 1.75. The fourth-order valence-corrected chi connectivity index (χ4v) is 2.58. The van der Waals surface area contributed by atoms with Gasteiger partial charge in [-0.25, -0.2) is 4.39 Å². The molecule has 0 fully saturated rings. The zero-order valence-corrected chi connectivity index (χ0v) is 14.3. The second-order valence-electron chi connectivity index (χ2n) is 5.94. The van der Waals surface area contributed by atoms with E-state index in [1.807, 2.05) is 13.0 Å². The molecule has 0 atom stereocenters. The lowest BCUT2D eigenvalue weighted by Gasteiger charge is -2.03. The molecule has 1 N–H and O–H groups in total. The number of benzene rings is 1. The molecule has 0 aliphatic rings. The van der Waals surface area contributed by atoms with Crippen molar-refractivity contribution in [1.82, 2.24) is 20.3 Å². The predicted molar refractivity (Wildman–Crippen MR) is 90.6 cm³/mol. The van der Waals surface area contributed by atoms with E-state index in [4.69, 9.17) is 4.52 Å². The third kappa shape index (κ3) is 3.76. The topological polar surface area (TPSA) is 73.0 Å². The third-order valence-corrected chi connectivity index (χ3v) is 3.91. The van der Waals surface area contributed by atoms with Crippen LogP contribution in [0.15, 0.2) is 34.9 Å². The van der Waals surface area contributed by atoms with Gasteiger partial charge in [0.2, 0.25) is 0 Å². The minimum absolute atomic E-state index is 0.257. The molecule has 0 aliphatic carbocycles. The van der Waals surface area contributed by atoms with Gasteiger partial charge in [-0.05, 0) is 43.7 Å². The van der Waals surface area contributed by atoms with Gasteiger partial charge in [0, 0.05) is 31.6 Å². The molecule has 0 unspecified atom stereocenters. The minimum Gasteiger partial charge on any atom is -0.361 e. The van der Waals surface area contributed by atoms with E-state index in [9.17, 15) is 9.18 Å². The van der Waals surface area contributed by atoms with Crippen LogP contribution in [0.2, 0.25) is 0 Å². The van der Waals surface area contributed by atoms with Crippen molar-refractivity contribution in [1.29, 1.82) is 0 Å². The molecule has 0 saturated carbocycles. The van der Waals surface area contributed by atoms with Crippen molar-refractivity contribution >= 4 is 5.91 Å². The van der Waals surface area contributed by atoms with E-state index in [0.717, 1.165) is 22.7 Å². The number of rotatable bonds is 5. The lowest BCUT2D eigenvalue weighted by Crippen LogP contribution is -2.26. The second-order valence-corrected chi connectivity index (χ2v) is 5.94. The summed E-state index contributed by atoms with van der Waals surface area (Å²) in [5.74, 6) is 0.221. The van der Waals surface area contributed by atoms with Gasteiger partial charge in [0.05, 0.1) is 11.4 Å². The van der Waals surface area contributed by atoms with Crippen molar-refractivity contribution in [2.45, 2.75) is 20.3 Å². The van der Waals surface area contributed by atoms with Crippen molar-refractivity contribution < 1.29 is 13.7 Å². The van der Waals surface area contributed by atoms with Crippen LogP contribution in [0.5, 0.6) is 0 Å². The summed E-state index contributed by atoms with van der Waals surface area (Å²) >= 11 is 0. The maximum atomic E-state index is 13.4. The minimum atomic E-state index is -0.263. The highest BCUT2D eigenvalue weighted by atomic mass is 19.1. The van der Waals surface area contributed by atoms with Gasteiger partial charge < -0.3 is 9.84 Å². The van der Waals surface area contributed by atoms with Gasteiger partial charge in [0.25, 0.3) is 5.91 Å². The van der Waals surface area contributed by atoms with Crippen LogP contribution in [0.1, 0.15) is 27.5 Å². The van der Waals surface area contributed by atoms with Crippen molar-refractivity contribution in [2.24, 2.45) is 7.05 Å². The van der Waals surface area contributed by atoms with Gasteiger partial charge in [-0.1, -0.05) is 5.16 Å². The maximum Gasteiger partial charge on any atom is 0.271 e. The van der Waals surface area contributed by atoms with Crippen LogP contribution < -0.4 is 5.32 Å². The highest BCUT2D eigenvalue weighted by Crippen LogP contribution is 2.22. The normalized spacial score (nSPS) is 10.9. The summed E-state index contributed by atoms with van der Waals surface area (Å²) < 4.78 is 20.0. The molecule has 6 nitrogen and oxygen atoms in total. The molecule has 2 aromatic heterocycles. The molecule has 0 saturated heterocycles. The molecule has 1 amide bonds. The molecular formula is C18H19FN4O2. The van der Waals surface area contributed by atoms with Gasteiger partial charge in [-0.3, -0.25) is 9.48 Å². The summed E-state index contributed by atoms with van der Waals surface area (Å²) in [5, 5.41) is 10.9. The highest BCUT2D eigenvalue weighted by Gasteiger charge is 2.14. The molecule has 7 heteroatoms. The zero-order valence-electron chi connectivity index (χ0n) is 14.3. The Labute approximate surface area is 144 Å². The van der Waals surface area contributed by atoms with E-state index >= 15 is 0 Å². The van der Waals surface area contributed by atoms with Gasteiger partial charge in [0.1, 0.15) is 11.6 Å². The Morgan fingerprint density at radius 3 is 2.76 bits per heavy atom. The first-order chi connectivity index (χ1) is 11.9. The molecule has 0 spiro atoms. The zero-order chi connectivity index (χ0) is 18.0. The quantitative estimate of drug-likeness (QED) is 0.774. The van der Waals surface area contributed by atoms with E-state index < -0.39 is 0 Å². The third-order valence-electron chi connectivity index (χ3n) is 3.91. The smallest absolute Gasteiger partial charge is 0.271 e. The van der Waals surface area contributed by atoms with Crippen LogP contribution in [-0.2, 0) is 13.5 Å². The summed E-state index contributed by atoms with van der Waals surface area (Å²) in [6.45, 7) is 3.96. The van der Waals surface area contributed by atoms with E-state index in [-0.39, 0.29) is 11.7 Å². The Kier molecular flexibility index (Phi) is 4.65. The molecule has 25 heavy (non-hydrogen) atoms. The number of amides is 1. The van der Waals surface area contributed by atoms with Crippen LogP contribution in [-0.4, -0.2) is 27.4 Å². The van der Waals surface area contributed by atoms with Crippen molar-refractivity contribution in [2.75, 3.05) is 6.54 Å². The number of nitrogens with one attached hydrogen (secondary N) is 1. The number of carbonyl (C=O) groups is 1. The predicted octanol–water partition coefficient (Wildman–Crippen LogP) is 2.80. The summed E-state index contributed by atoms with van der Waals surface area (Å²) in [5.41, 5.74) is 3.22. The number of halogens is 1. The summed E-state index contributed by atoms with van der Waals surface area (Å²) in [6, 6.07) is 8.36. The van der Waals surface area contributed by atoms with Crippen molar-refractivity contribution in [3.63, 3.8) is 0 Å². The van der Waals surface area contributed by atoms with E-state index in [0.29, 0.717) is 24.2 Å². The SMILES string of the molecule is Cc1cc(CCNC(=O)c2cc(-c3ccc(F)c(C)c3)n(C)n2)no1. The molecule has 3 rings (SSSR count). The number of hydrogen-bond acceptors (Lipinski definition) is 4. The lowest BCUT2D eigenvalue weighted by atomic mass is 10.1. The maximum absolute atomic E-state index is 13.4. The average molecular weight is 342 g/mol. The lowest BCUT2D eigenvalue weighted by molar-refractivity contribution is 0.0948. The number of aromatic nitrogens is 3. The van der Waals surface area contributed by atoms with Crippen LogP contribution in [0, 0.1) is 19.7 Å². The molecule has 3 aromatic rings. The Balaban J connectivity index is 1.68. The van der Waals surface area contributed by atoms with E-state index in [1.165, 1.54) is 6.07 Å². The van der Waals surface area contributed by atoms with Crippen LogP contribution >= 0.6 is 0 Å². The second kappa shape index (κ2) is 6.88. The Morgan fingerprint density at radius 1 is 1.28 bits per heavy atom. The first kappa shape index (κ1) is 16.9. The Hall–Kier alpha value is -2.96. The Bertz CT molecular complexity index is 914. The average Bonchev–Trinajstić information content (AvgIpc) is 3.16. The first-order valence-electron chi connectivity index (χ1n) is 7.95. The summed E-state index contributed by atoms with van der Waals surface area (Å²) in [4.78, 5) is 12.3. The molecule has 0 bridgehead atoms. The molecule has 130 valence electrons. The molecule has 1 aromatic carbocycles. The van der Waals surface area contributed by atoms with Crippen molar-refractivity contribution in [3.05, 3.63) is 58.9 Å². The number of nitrogens with zero attached hydrogens (tertiary/aromatic N) is 3. The van der Waals surface area contributed by atoms with E-state index in [2.05, 4.69) is 15.6 Å². The molecule has 2 heterocycles. The molecule has 0 radical (unpaired) electrons. The number of aryl methyl sites for hydroxylation is 3. The van der Waals surface area contributed by atoms with Gasteiger partial charge in [0.15, 0.2) is 5.69 Å². The fourth-order valence-electron chi connectivity index (χ4n) is 2.58. The largest absolute Gasteiger partial charge is 0.361 e. The summed E-state index contributed by atoms with van der Waals surface area (Å²) in [6.07, 6.45) is 0.583. The Morgan fingerprint density at radius 2 is 2.08 bits per heavy atom. The standard InChI is InChI=1S/C18H19FN4O2/c1-11-8-13(4-5-15(11)19)17-10-16(21-23(17)3)18(24)20-7-6-14-9-12(2)25-22-14/h4-5,8-10H,6-7H2,1-3H3,(H,20,24). The fraction of sp³-hybridized carbons (Fsp3) is 0.278. The van der Waals surface area contributed by atoms with E-state index in [1.54, 1.807) is 36.9 Å². The van der Waals surface area contributed by atoms with Crippen LogP contribution in [0.3, 0.4) is 0 Å². The first-order valence-corrected chi connectivity index (χ1v) is 7.95. The van der Waals surface area contributed by atoms with Crippen LogP contribution in [0.4, 0.5) is 4.39 Å². The molecule has 0 aliphatic heterocycles. The van der Waals surface area contributed by atoms with Gasteiger partial charge in [-0.15, -0.1) is 0 Å². The van der Waals surface area contributed by atoms with Gasteiger partial charge in [-0.2, -0.15) is 5.10 Å².